The predicted octanol–water partition coefficient (Wildman–Crippen LogP) is 2.30. The minimum Gasteiger partial charge on any atom is -0.295 e. The summed E-state index contributed by atoms with van der Waals surface area (Å²) < 4.78 is 2.10. The number of imidazole rings is 1. The van der Waals surface area contributed by atoms with Crippen molar-refractivity contribution >= 4 is 11.3 Å². The van der Waals surface area contributed by atoms with Crippen LogP contribution >= 0.6 is 11.3 Å². The third-order valence-corrected chi connectivity index (χ3v) is 2.52. The molecule has 12 heavy (non-hydrogen) atoms. The van der Waals surface area contributed by atoms with E-state index in [-0.39, 0.29) is 0 Å². The highest BCUT2D eigenvalue weighted by Gasteiger charge is 2.02. The molecule has 1 radical (unpaired) electrons. The first-order valence-electron chi connectivity index (χ1n) is 3.90. The van der Waals surface area contributed by atoms with Crippen LogP contribution < -0.4 is 0 Å². The summed E-state index contributed by atoms with van der Waals surface area (Å²) in [5.41, 5.74) is 0. The van der Waals surface area contributed by atoms with Gasteiger partial charge in [-0.15, -0.1) is 11.3 Å². The highest BCUT2D eigenvalue weighted by molar-refractivity contribution is 7.12. The Morgan fingerprint density at radius 2 is 2.58 bits per heavy atom. The molecule has 2 heterocycles. The van der Waals surface area contributed by atoms with E-state index in [1.165, 1.54) is 5.00 Å². The molecule has 0 atom stereocenters. The fourth-order valence-corrected chi connectivity index (χ4v) is 1.82. The van der Waals surface area contributed by atoms with E-state index in [0.29, 0.717) is 0 Å². The van der Waals surface area contributed by atoms with Crippen LogP contribution in [0.15, 0.2) is 24.5 Å². The van der Waals surface area contributed by atoms with Crippen LogP contribution in [0.5, 0.6) is 0 Å². The van der Waals surface area contributed by atoms with Crippen LogP contribution in [0.2, 0.25) is 0 Å². The highest BCUT2D eigenvalue weighted by Crippen LogP contribution is 2.15. The number of aromatic nitrogens is 2. The molecule has 2 aromatic heterocycles. The molecule has 0 aliphatic heterocycles. The Hall–Kier alpha value is -1.09. The summed E-state index contributed by atoms with van der Waals surface area (Å²) in [7, 11) is 0. The number of aryl methyl sites for hydroxylation is 1. The predicted molar refractivity (Wildman–Crippen MR) is 49.7 cm³/mol. The normalized spacial score (nSPS) is 10.4. The minimum atomic E-state index is 0.963. The van der Waals surface area contributed by atoms with E-state index in [1.54, 1.807) is 11.3 Å². The quantitative estimate of drug-likeness (QED) is 0.688. The fraction of sp³-hybridized carbons (Fsp3) is 0.222. The molecule has 0 aliphatic rings. The molecule has 0 aliphatic carbocycles. The highest BCUT2D eigenvalue weighted by atomic mass is 32.1. The van der Waals surface area contributed by atoms with E-state index < -0.39 is 0 Å². The van der Waals surface area contributed by atoms with Crippen LogP contribution in [-0.4, -0.2) is 9.55 Å². The summed E-state index contributed by atoms with van der Waals surface area (Å²) in [5, 5.41) is 4.25. The number of thiophene rings is 1. The fourth-order valence-electron chi connectivity index (χ4n) is 1.16. The molecule has 0 spiro atoms. The Balaban J connectivity index is 2.46. The molecule has 3 heteroatoms. The van der Waals surface area contributed by atoms with Crippen LogP contribution in [0, 0.1) is 5.38 Å². The van der Waals surface area contributed by atoms with Crippen molar-refractivity contribution in [3.8, 4) is 5.00 Å². The molecule has 0 fully saturated rings. The summed E-state index contributed by atoms with van der Waals surface area (Å²) in [6, 6.07) is 3.98. The van der Waals surface area contributed by atoms with Crippen molar-refractivity contribution in [2.24, 2.45) is 0 Å². The molecule has 2 rings (SSSR count). The number of hydrogen-bond acceptors (Lipinski definition) is 2. The first kappa shape index (κ1) is 7.55. The maximum Gasteiger partial charge on any atom is 0.113 e. The molecule has 2 nitrogen and oxygen atoms in total. The van der Waals surface area contributed by atoms with Gasteiger partial charge in [0.05, 0.1) is 0 Å². The van der Waals surface area contributed by atoms with Gasteiger partial charge in [0.15, 0.2) is 0 Å². The first-order chi connectivity index (χ1) is 5.92. The number of rotatable bonds is 2. The zero-order valence-electron chi connectivity index (χ0n) is 6.82. The van der Waals surface area contributed by atoms with Gasteiger partial charge in [-0.3, -0.25) is 4.57 Å². The van der Waals surface area contributed by atoms with Gasteiger partial charge in [-0.1, -0.05) is 6.92 Å². The average Bonchev–Trinajstić information content (AvgIpc) is 2.74. The lowest BCUT2D eigenvalue weighted by Crippen LogP contribution is -1.95. The van der Waals surface area contributed by atoms with Gasteiger partial charge in [0, 0.05) is 24.2 Å². The lowest BCUT2D eigenvalue weighted by Gasteiger charge is -2.00. The minimum absolute atomic E-state index is 0.963. The van der Waals surface area contributed by atoms with Gasteiger partial charge in [0.2, 0.25) is 0 Å². The van der Waals surface area contributed by atoms with Crippen molar-refractivity contribution in [1.82, 2.24) is 9.55 Å². The van der Waals surface area contributed by atoms with Gasteiger partial charge in [-0.05, 0) is 12.1 Å². The van der Waals surface area contributed by atoms with Crippen molar-refractivity contribution in [1.29, 1.82) is 0 Å². The van der Waals surface area contributed by atoms with Crippen molar-refractivity contribution in [2.45, 2.75) is 13.3 Å². The van der Waals surface area contributed by atoms with E-state index in [4.69, 9.17) is 0 Å². The van der Waals surface area contributed by atoms with Crippen molar-refractivity contribution in [2.75, 3.05) is 0 Å². The molecule has 2 aromatic rings. The van der Waals surface area contributed by atoms with Gasteiger partial charge in [-0.2, -0.15) is 0 Å². The molecule has 0 saturated heterocycles. The molecule has 0 aromatic carbocycles. The first-order valence-corrected chi connectivity index (χ1v) is 4.72. The Labute approximate surface area is 75.5 Å². The Bertz CT molecular complexity index is 348. The lowest BCUT2D eigenvalue weighted by molar-refractivity contribution is 0.902. The Morgan fingerprint density at radius 3 is 3.25 bits per heavy atom. The van der Waals surface area contributed by atoms with Crippen LogP contribution in [0.25, 0.3) is 5.00 Å². The summed E-state index contributed by atoms with van der Waals surface area (Å²) in [5.74, 6) is 1.10. The third-order valence-electron chi connectivity index (χ3n) is 1.73. The van der Waals surface area contributed by atoms with Gasteiger partial charge in [-0.25, -0.2) is 4.98 Å². The maximum absolute atomic E-state index is 4.25. The average molecular weight is 177 g/mol. The van der Waals surface area contributed by atoms with Gasteiger partial charge in [0.1, 0.15) is 10.8 Å². The molecule has 0 amide bonds. The number of hydrogen-bond donors (Lipinski definition) is 0. The monoisotopic (exact) mass is 177 g/mol. The zero-order valence-corrected chi connectivity index (χ0v) is 7.64. The second-order valence-corrected chi connectivity index (χ2v) is 3.32. The summed E-state index contributed by atoms with van der Waals surface area (Å²) in [6.45, 7) is 2.11. The SMILES string of the molecule is CCc1nccn1-c1cc[c]s1. The Kier molecular flexibility index (Phi) is 1.96. The van der Waals surface area contributed by atoms with Crippen LogP contribution in [0.1, 0.15) is 12.7 Å². The maximum atomic E-state index is 4.25. The second-order valence-electron chi connectivity index (χ2n) is 2.46. The molecule has 0 N–H and O–H groups in total. The van der Waals surface area contributed by atoms with Crippen molar-refractivity contribution in [3.63, 3.8) is 0 Å². The molecular formula is C9H9N2S. The van der Waals surface area contributed by atoms with Crippen molar-refractivity contribution in [3.05, 3.63) is 35.7 Å². The zero-order chi connectivity index (χ0) is 8.39. The summed E-state index contributed by atoms with van der Waals surface area (Å²) in [6.07, 6.45) is 4.78. The summed E-state index contributed by atoms with van der Waals surface area (Å²) >= 11 is 1.61. The molecule has 0 saturated carbocycles. The van der Waals surface area contributed by atoms with Gasteiger partial charge in [0.25, 0.3) is 0 Å². The van der Waals surface area contributed by atoms with Crippen LogP contribution in [0.3, 0.4) is 0 Å². The molecule has 0 bridgehead atoms. The van der Waals surface area contributed by atoms with Gasteiger partial charge >= 0.3 is 0 Å². The lowest BCUT2D eigenvalue weighted by atomic mass is 10.4. The largest absolute Gasteiger partial charge is 0.295 e. The molecule has 0 unspecified atom stereocenters. The summed E-state index contributed by atoms with van der Waals surface area (Å²) in [4.78, 5) is 4.25. The van der Waals surface area contributed by atoms with E-state index in [2.05, 4.69) is 21.9 Å². The number of nitrogens with zero attached hydrogens (tertiary/aromatic N) is 2. The topological polar surface area (TPSA) is 17.8 Å². The third kappa shape index (κ3) is 1.16. The standard InChI is InChI=1S/C9H9N2S/c1-2-8-10-5-6-11(8)9-4-3-7-12-9/h3-6H,2H2,1H3. The van der Waals surface area contributed by atoms with E-state index in [9.17, 15) is 0 Å². The van der Waals surface area contributed by atoms with Crippen molar-refractivity contribution < 1.29 is 0 Å². The van der Waals surface area contributed by atoms with E-state index >= 15 is 0 Å². The second kappa shape index (κ2) is 3.11. The van der Waals surface area contributed by atoms with Crippen LogP contribution in [0.4, 0.5) is 0 Å². The Morgan fingerprint density at radius 1 is 1.67 bits per heavy atom. The van der Waals surface area contributed by atoms with Crippen LogP contribution in [-0.2, 0) is 6.42 Å². The van der Waals surface area contributed by atoms with Gasteiger partial charge < -0.3 is 0 Å². The smallest absolute Gasteiger partial charge is 0.113 e. The van der Waals surface area contributed by atoms with E-state index in [0.717, 1.165) is 12.2 Å². The molecular weight excluding hydrogens is 168 g/mol. The molecule has 61 valence electrons. The van der Waals surface area contributed by atoms with E-state index in [1.807, 2.05) is 24.5 Å².